The van der Waals surface area contributed by atoms with Crippen molar-refractivity contribution in [1.29, 1.82) is 0 Å². The number of nitrogens with zero attached hydrogens (tertiary/aromatic N) is 1. The molecule has 1 amide bonds. The number of hydrogen-bond donors (Lipinski definition) is 1. The molecule has 0 fully saturated rings. The van der Waals surface area contributed by atoms with Gasteiger partial charge >= 0.3 is 0 Å². The number of aromatic nitrogens is 1. The maximum Gasteiger partial charge on any atom is 0.270 e. The Morgan fingerprint density at radius 2 is 2.06 bits per heavy atom. The zero-order chi connectivity index (χ0) is 12.2. The Morgan fingerprint density at radius 3 is 2.56 bits per heavy atom. The van der Waals surface area contributed by atoms with Gasteiger partial charge in [0.1, 0.15) is 5.69 Å². The highest BCUT2D eigenvalue weighted by Gasteiger charge is 2.25. The first-order chi connectivity index (χ1) is 7.50. The lowest BCUT2D eigenvalue weighted by Crippen LogP contribution is -2.49. The number of rotatable bonds is 4. The SMILES string of the molecule is Cc1cccc(C(=O)NC(C)(CCl)CCl)n1. The molecule has 1 N–H and O–H groups in total. The third-order valence-electron chi connectivity index (χ3n) is 2.13. The summed E-state index contributed by atoms with van der Waals surface area (Å²) in [7, 11) is 0. The summed E-state index contributed by atoms with van der Waals surface area (Å²) in [5, 5.41) is 2.77. The van der Waals surface area contributed by atoms with E-state index in [1.807, 2.05) is 13.0 Å². The molecule has 1 heterocycles. The average Bonchev–Trinajstić information content (AvgIpc) is 2.29. The van der Waals surface area contributed by atoms with Crippen LogP contribution in [0.2, 0.25) is 0 Å². The minimum atomic E-state index is -0.606. The van der Waals surface area contributed by atoms with Gasteiger partial charge < -0.3 is 5.32 Å². The molecule has 1 aromatic rings. The molecular formula is C11H14Cl2N2O. The Hall–Kier alpha value is -0.800. The van der Waals surface area contributed by atoms with Crippen LogP contribution in [0, 0.1) is 6.92 Å². The number of pyridine rings is 1. The molecule has 0 spiro atoms. The number of aryl methyl sites for hydroxylation is 1. The van der Waals surface area contributed by atoms with Crippen molar-refractivity contribution in [3.05, 3.63) is 29.6 Å². The molecule has 0 aliphatic rings. The summed E-state index contributed by atoms with van der Waals surface area (Å²) in [6.45, 7) is 3.62. The first kappa shape index (κ1) is 13.3. The molecule has 88 valence electrons. The van der Waals surface area contributed by atoms with Crippen LogP contribution in [0.15, 0.2) is 18.2 Å². The lowest BCUT2D eigenvalue weighted by atomic mass is 10.1. The number of hydrogen-bond acceptors (Lipinski definition) is 2. The molecule has 0 atom stereocenters. The molecular weight excluding hydrogens is 247 g/mol. The number of halogens is 2. The lowest BCUT2D eigenvalue weighted by Gasteiger charge is -2.25. The summed E-state index contributed by atoms with van der Waals surface area (Å²) < 4.78 is 0. The van der Waals surface area contributed by atoms with E-state index in [9.17, 15) is 4.79 Å². The first-order valence-electron chi connectivity index (χ1n) is 4.89. The summed E-state index contributed by atoms with van der Waals surface area (Å²) in [4.78, 5) is 16.0. The highest BCUT2D eigenvalue weighted by Crippen LogP contribution is 2.10. The standard InChI is InChI=1S/C11H14Cl2N2O/c1-8-4-3-5-9(14-8)10(16)15-11(2,6-12)7-13/h3-5H,6-7H2,1-2H3,(H,15,16). The summed E-state index contributed by atoms with van der Waals surface area (Å²) in [6, 6.07) is 5.28. The summed E-state index contributed by atoms with van der Waals surface area (Å²) in [5.41, 5.74) is 0.568. The molecule has 0 saturated heterocycles. The van der Waals surface area contributed by atoms with Crippen LogP contribution in [0.3, 0.4) is 0 Å². The van der Waals surface area contributed by atoms with Crippen molar-refractivity contribution in [2.24, 2.45) is 0 Å². The minimum absolute atomic E-state index is 0.257. The van der Waals surface area contributed by atoms with Gasteiger partial charge in [-0.15, -0.1) is 23.2 Å². The van der Waals surface area contributed by atoms with Gasteiger partial charge in [0.15, 0.2) is 0 Å². The molecule has 16 heavy (non-hydrogen) atoms. The van der Waals surface area contributed by atoms with Crippen molar-refractivity contribution < 1.29 is 4.79 Å². The van der Waals surface area contributed by atoms with Gasteiger partial charge in [0, 0.05) is 17.5 Å². The molecule has 3 nitrogen and oxygen atoms in total. The van der Waals surface area contributed by atoms with E-state index in [4.69, 9.17) is 23.2 Å². The normalized spacial score (nSPS) is 11.2. The van der Waals surface area contributed by atoms with E-state index in [-0.39, 0.29) is 17.7 Å². The van der Waals surface area contributed by atoms with Crippen molar-refractivity contribution in [3.63, 3.8) is 0 Å². The van der Waals surface area contributed by atoms with Crippen molar-refractivity contribution in [1.82, 2.24) is 10.3 Å². The first-order valence-corrected chi connectivity index (χ1v) is 5.96. The van der Waals surface area contributed by atoms with E-state index in [1.165, 1.54) is 0 Å². The Labute approximate surface area is 105 Å². The Balaban J connectivity index is 2.80. The summed E-state index contributed by atoms with van der Waals surface area (Å²) in [6.07, 6.45) is 0. The number of carbonyl (C=O) groups is 1. The quantitative estimate of drug-likeness (QED) is 0.845. The van der Waals surface area contributed by atoms with Crippen LogP contribution in [-0.2, 0) is 0 Å². The highest BCUT2D eigenvalue weighted by molar-refractivity contribution is 6.22. The zero-order valence-corrected chi connectivity index (χ0v) is 10.8. The van der Waals surface area contributed by atoms with E-state index < -0.39 is 5.54 Å². The van der Waals surface area contributed by atoms with Crippen LogP contribution in [0.5, 0.6) is 0 Å². The fraction of sp³-hybridized carbons (Fsp3) is 0.455. The van der Waals surface area contributed by atoms with Crippen LogP contribution >= 0.6 is 23.2 Å². The van der Waals surface area contributed by atoms with E-state index >= 15 is 0 Å². The number of carbonyl (C=O) groups excluding carboxylic acids is 1. The van der Waals surface area contributed by atoms with Crippen molar-refractivity contribution in [2.45, 2.75) is 19.4 Å². The Bertz CT molecular complexity index is 378. The molecule has 0 saturated carbocycles. The third kappa shape index (κ3) is 3.35. The van der Waals surface area contributed by atoms with Crippen LogP contribution in [0.4, 0.5) is 0 Å². The number of nitrogens with one attached hydrogen (secondary N) is 1. The van der Waals surface area contributed by atoms with Crippen molar-refractivity contribution in [2.75, 3.05) is 11.8 Å². The predicted molar refractivity (Wildman–Crippen MR) is 66.3 cm³/mol. The van der Waals surface area contributed by atoms with E-state index in [2.05, 4.69) is 10.3 Å². The molecule has 0 aliphatic carbocycles. The van der Waals surface area contributed by atoms with Crippen LogP contribution < -0.4 is 5.32 Å². The third-order valence-corrected chi connectivity index (χ3v) is 3.31. The summed E-state index contributed by atoms with van der Waals surface area (Å²) >= 11 is 11.5. The minimum Gasteiger partial charge on any atom is -0.343 e. The monoisotopic (exact) mass is 260 g/mol. The number of alkyl halides is 2. The van der Waals surface area contributed by atoms with E-state index in [0.29, 0.717) is 5.69 Å². The van der Waals surface area contributed by atoms with Gasteiger partial charge in [-0.05, 0) is 26.0 Å². The fourth-order valence-electron chi connectivity index (χ4n) is 1.11. The van der Waals surface area contributed by atoms with Gasteiger partial charge in [0.05, 0.1) is 5.54 Å². The second kappa shape index (κ2) is 5.51. The van der Waals surface area contributed by atoms with Gasteiger partial charge in [-0.1, -0.05) is 6.07 Å². The fourth-order valence-corrected chi connectivity index (χ4v) is 1.53. The van der Waals surface area contributed by atoms with Crippen molar-refractivity contribution in [3.8, 4) is 0 Å². The average molecular weight is 261 g/mol. The van der Waals surface area contributed by atoms with Crippen molar-refractivity contribution >= 4 is 29.1 Å². The zero-order valence-electron chi connectivity index (χ0n) is 9.26. The Morgan fingerprint density at radius 1 is 1.44 bits per heavy atom. The second-order valence-electron chi connectivity index (χ2n) is 3.95. The molecule has 0 bridgehead atoms. The second-order valence-corrected chi connectivity index (χ2v) is 4.48. The molecule has 0 aromatic carbocycles. The smallest absolute Gasteiger partial charge is 0.270 e. The van der Waals surface area contributed by atoms with Crippen LogP contribution in [-0.4, -0.2) is 28.2 Å². The number of amides is 1. The topological polar surface area (TPSA) is 42.0 Å². The highest BCUT2D eigenvalue weighted by atomic mass is 35.5. The molecule has 0 aliphatic heterocycles. The Kier molecular flexibility index (Phi) is 4.56. The van der Waals surface area contributed by atoms with E-state index in [1.54, 1.807) is 19.1 Å². The van der Waals surface area contributed by atoms with Gasteiger partial charge in [-0.3, -0.25) is 4.79 Å². The van der Waals surface area contributed by atoms with E-state index in [0.717, 1.165) is 5.69 Å². The molecule has 0 radical (unpaired) electrons. The van der Waals surface area contributed by atoms with Gasteiger partial charge in [-0.25, -0.2) is 4.98 Å². The molecule has 0 unspecified atom stereocenters. The predicted octanol–water partition coefficient (Wildman–Crippen LogP) is 2.36. The molecule has 1 rings (SSSR count). The van der Waals surface area contributed by atoms with Crippen LogP contribution in [0.25, 0.3) is 0 Å². The van der Waals surface area contributed by atoms with Gasteiger partial charge in [0.25, 0.3) is 5.91 Å². The maximum atomic E-state index is 11.8. The molecule has 5 heteroatoms. The maximum absolute atomic E-state index is 11.8. The van der Waals surface area contributed by atoms with Gasteiger partial charge in [-0.2, -0.15) is 0 Å². The summed E-state index contributed by atoms with van der Waals surface area (Å²) in [5.74, 6) is 0.259. The largest absolute Gasteiger partial charge is 0.343 e. The van der Waals surface area contributed by atoms with Gasteiger partial charge in [0.2, 0.25) is 0 Å². The van der Waals surface area contributed by atoms with Crippen LogP contribution in [0.1, 0.15) is 23.1 Å². The lowest BCUT2D eigenvalue weighted by molar-refractivity contribution is 0.0916. The molecule has 1 aromatic heterocycles.